The molecule has 1 fully saturated rings. The van der Waals surface area contributed by atoms with Crippen LogP contribution in [0.1, 0.15) is 39.9 Å². The standard InChI is InChI=1S/C29H26F3N3O2/c1-19-7-6-10-24(17-19)37-28-25(26(33-34(28)2)20-8-4-3-5-9-20)18-35(23-15-16-23)27(36)21-11-13-22(14-12-21)29(30,31)32/h3-14,17,23H,15-16,18H2,1-2H3. The van der Waals surface area contributed by atoms with Crippen molar-refractivity contribution in [3.05, 3.63) is 101 Å². The quantitative estimate of drug-likeness (QED) is 0.271. The van der Waals surface area contributed by atoms with E-state index in [9.17, 15) is 18.0 Å². The van der Waals surface area contributed by atoms with Gasteiger partial charge in [0.1, 0.15) is 11.4 Å². The fourth-order valence-electron chi connectivity index (χ4n) is 4.33. The first kappa shape index (κ1) is 24.6. The summed E-state index contributed by atoms with van der Waals surface area (Å²) < 4.78 is 47.1. The van der Waals surface area contributed by atoms with Gasteiger partial charge in [-0.05, 0) is 61.7 Å². The number of hydrogen-bond acceptors (Lipinski definition) is 3. The van der Waals surface area contributed by atoms with Gasteiger partial charge in [-0.3, -0.25) is 4.79 Å². The van der Waals surface area contributed by atoms with E-state index in [1.807, 2.05) is 61.5 Å². The second kappa shape index (κ2) is 9.76. The van der Waals surface area contributed by atoms with Crippen LogP contribution in [0.2, 0.25) is 0 Å². The first-order valence-corrected chi connectivity index (χ1v) is 12.0. The zero-order valence-electron chi connectivity index (χ0n) is 20.5. The molecule has 0 atom stereocenters. The molecule has 0 saturated heterocycles. The first-order chi connectivity index (χ1) is 17.7. The summed E-state index contributed by atoms with van der Waals surface area (Å²) in [6, 6.07) is 21.7. The van der Waals surface area contributed by atoms with Crippen LogP contribution in [-0.4, -0.2) is 26.6 Å². The molecule has 0 radical (unpaired) electrons. The van der Waals surface area contributed by atoms with Crippen LogP contribution in [-0.2, 0) is 19.8 Å². The molecule has 8 heteroatoms. The van der Waals surface area contributed by atoms with Gasteiger partial charge in [-0.15, -0.1) is 0 Å². The van der Waals surface area contributed by atoms with Crippen molar-refractivity contribution in [1.29, 1.82) is 0 Å². The minimum Gasteiger partial charge on any atom is -0.439 e. The Morgan fingerprint density at radius 3 is 2.35 bits per heavy atom. The number of benzene rings is 3. The van der Waals surface area contributed by atoms with Gasteiger partial charge in [-0.1, -0.05) is 42.5 Å². The van der Waals surface area contributed by atoms with Crippen LogP contribution in [0.15, 0.2) is 78.9 Å². The van der Waals surface area contributed by atoms with Gasteiger partial charge < -0.3 is 9.64 Å². The highest BCUT2D eigenvalue weighted by atomic mass is 19.4. The minimum atomic E-state index is -4.46. The molecule has 1 amide bonds. The molecule has 3 aromatic carbocycles. The summed E-state index contributed by atoms with van der Waals surface area (Å²) in [5, 5.41) is 4.73. The summed E-state index contributed by atoms with van der Waals surface area (Å²) in [6.07, 6.45) is -2.79. The Kier molecular flexibility index (Phi) is 6.50. The maximum atomic E-state index is 13.5. The smallest absolute Gasteiger partial charge is 0.416 e. The molecular weight excluding hydrogens is 479 g/mol. The number of carbonyl (C=O) groups is 1. The molecule has 5 nitrogen and oxygen atoms in total. The summed E-state index contributed by atoms with van der Waals surface area (Å²) in [5.74, 6) is 0.840. The van der Waals surface area contributed by atoms with Crippen LogP contribution in [0.3, 0.4) is 0 Å². The highest BCUT2D eigenvalue weighted by molar-refractivity contribution is 5.94. The van der Waals surface area contributed by atoms with E-state index in [1.54, 1.807) is 16.6 Å². The van der Waals surface area contributed by atoms with Crippen molar-refractivity contribution in [3.63, 3.8) is 0 Å². The Labute approximate surface area is 213 Å². The Morgan fingerprint density at radius 1 is 1.03 bits per heavy atom. The Morgan fingerprint density at radius 2 is 1.73 bits per heavy atom. The largest absolute Gasteiger partial charge is 0.439 e. The Bertz CT molecular complexity index is 1410. The lowest BCUT2D eigenvalue weighted by Crippen LogP contribution is -2.32. The van der Waals surface area contributed by atoms with Crippen molar-refractivity contribution >= 4 is 5.91 Å². The van der Waals surface area contributed by atoms with Gasteiger partial charge in [0.2, 0.25) is 5.88 Å². The van der Waals surface area contributed by atoms with Gasteiger partial charge in [-0.2, -0.15) is 18.3 Å². The average Bonchev–Trinajstić information content (AvgIpc) is 3.68. The number of rotatable bonds is 7. The number of hydrogen-bond donors (Lipinski definition) is 0. The van der Waals surface area contributed by atoms with Crippen molar-refractivity contribution in [1.82, 2.24) is 14.7 Å². The molecule has 0 aliphatic heterocycles. The number of halogens is 3. The summed E-state index contributed by atoms with van der Waals surface area (Å²) in [5.41, 5.74) is 2.78. The fraction of sp³-hybridized carbons (Fsp3) is 0.241. The van der Waals surface area contributed by atoms with E-state index in [1.165, 1.54) is 12.1 Å². The average molecular weight is 506 g/mol. The second-order valence-electron chi connectivity index (χ2n) is 9.28. The van der Waals surface area contributed by atoms with Gasteiger partial charge in [-0.25, -0.2) is 4.68 Å². The van der Waals surface area contributed by atoms with Crippen LogP contribution >= 0.6 is 0 Å². The van der Waals surface area contributed by atoms with E-state index in [-0.39, 0.29) is 24.1 Å². The molecule has 1 aliphatic carbocycles. The molecule has 0 spiro atoms. The molecule has 190 valence electrons. The molecule has 1 aliphatic rings. The lowest BCUT2D eigenvalue weighted by molar-refractivity contribution is -0.137. The van der Waals surface area contributed by atoms with Crippen LogP contribution in [0, 0.1) is 6.92 Å². The van der Waals surface area contributed by atoms with E-state index < -0.39 is 11.7 Å². The highest BCUT2D eigenvalue weighted by Crippen LogP contribution is 2.38. The van der Waals surface area contributed by atoms with E-state index >= 15 is 0 Å². The Hall–Kier alpha value is -4.07. The monoisotopic (exact) mass is 505 g/mol. The number of aromatic nitrogens is 2. The first-order valence-electron chi connectivity index (χ1n) is 12.0. The van der Waals surface area contributed by atoms with Gasteiger partial charge in [0.15, 0.2) is 0 Å². The predicted molar refractivity (Wildman–Crippen MR) is 134 cm³/mol. The van der Waals surface area contributed by atoms with Crippen molar-refractivity contribution in [2.45, 2.75) is 38.5 Å². The third kappa shape index (κ3) is 5.38. The molecular formula is C29H26F3N3O2. The molecule has 4 aromatic rings. The molecule has 0 bridgehead atoms. The number of nitrogens with zero attached hydrogens (tertiary/aromatic N) is 3. The van der Waals surface area contributed by atoms with Gasteiger partial charge in [0, 0.05) is 24.2 Å². The maximum absolute atomic E-state index is 13.5. The molecule has 5 rings (SSSR count). The fourth-order valence-corrected chi connectivity index (χ4v) is 4.33. The maximum Gasteiger partial charge on any atom is 0.416 e. The normalized spacial score (nSPS) is 13.4. The van der Waals surface area contributed by atoms with Crippen LogP contribution in [0.25, 0.3) is 11.3 Å². The van der Waals surface area contributed by atoms with Gasteiger partial charge in [0.05, 0.1) is 17.7 Å². The number of alkyl halides is 3. The van der Waals surface area contributed by atoms with Crippen LogP contribution < -0.4 is 4.74 Å². The number of carbonyl (C=O) groups excluding carboxylic acids is 1. The van der Waals surface area contributed by atoms with Crippen molar-refractivity contribution < 1.29 is 22.7 Å². The summed E-state index contributed by atoms with van der Waals surface area (Å²) >= 11 is 0. The highest BCUT2D eigenvalue weighted by Gasteiger charge is 2.36. The third-order valence-corrected chi connectivity index (χ3v) is 6.38. The van der Waals surface area contributed by atoms with E-state index in [0.717, 1.165) is 41.7 Å². The topological polar surface area (TPSA) is 47.4 Å². The van der Waals surface area contributed by atoms with Gasteiger partial charge >= 0.3 is 6.18 Å². The third-order valence-electron chi connectivity index (χ3n) is 6.38. The van der Waals surface area contributed by atoms with Crippen molar-refractivity contribution in [2.24, 2.45) is 7.05 Å². The number of aryl methyl sites for hydroxylation is 2. The van der Waals surface area contributed by atoms with Gasteiger partial charge in [0.25, 0.3) is 5.91 Å². The molecule has 1 aromatic heterocycles. The van der Waals surface area contributed by atoms with E-state index in [2.05, 4.69) is 0 Å². The van der Waals surface area contributed by atoms with Crippen molar-refractivity contribution in [2.75, 3.05) is 0 Å². The summed E-state index contributed by atoms with van der Waals surface area (Å²) in [6.45, 7) is 2.19. The van der Waals surface area contributed by atoms with Crippen LogP contribution in [0.5, 0.6) is 11.6 Å². The lowest BCUT2D eigenvalue weighted by atomic mass is 10.1. The minimum absolute atomic E-state index is 0.00504. The number of ether oxygens (including phenoxy) is 1. The predicted octanol–water partition coefficient (Wildman–Crippen LogP) is 7.01. The SMILES string of the molecule is Cc1cccc(Oc2c(CN(C(=O)c3ccc(C(F)(F)F)cc3)C3CC3)c(-c3ccccc3)nn2C)c1. The second-order valence-corrected chi connectivity index (χ2v) is 9.28. The van der Waals surface area contributed by atoms with E-state index in [0.29, 0.717) is 17.3 Å². The summed E-state index contributed by atoms with van der Waals surface area (Å²) in [7, 11) is 1.79. The number of amides is 1. The zero-order chi connectivity index (χ0) is 26.2. The molecule has 0 N–H and O–H groups in total. The zero-order valence-corrected chi connectivity index (χ0v) is 20.5. The summed E-state index contributed by atoms with van der Waals surface area (Å²) in [4.78, 5) is 15.3. The Balaban J connectivity index is 1.53. The molecule has 0 unspecified atom stereocenters. The molecule has 1 heterocycles. The van der Waals surface area contributed by atoms with E-state index in [4.69, 9.17) is 9.84 Å². The lowest BCUT2D eigenvalue weighted by Gasteiger charge is -2.23. The van der Waals surface area contributed by atoms with Crippen molar-refractivity contribution in [3.8, 4) is 22.9 Å². The molecule has 37 heavy (non-hydrogen) atoms. The van der Waals surface area contributed by atoms with Crippen LogP contribution in [0.4, 0.5) is 13.2 Å². The molecule has 1 saturated carbocycles.